The van der Waals surface area contributed by atoms with Crippen molar-refractivity contribution in [3.05, 3.63) is 56.4 Å². The van der Waals surface area contributed by atoms with E-state index in [1.165, 1.54) is 17.8 Å². The third kappa shape index (κ3) is 4.29. The first kappa shape index (κ1) is 17.4. The van der Waals surface area contributed by atoms with E-state index in [4.69, 9.17) is 9.47 Å². The van der Waals surface area contributed by atoms with Crippen LogP contribution in [-0.2, 0) is 14.1 Å². The maximum absolute atomic E-state index is 11.9. The van der Waals surface area contributed by atoms with Crippen LogP contribution in [0.15, 0.2) is 34.0 Å². The largest absolute Gasteiger partial charge is 0.481 e. The van der Waals surface area contributed by atoms with Gasteiger partial charge in [0.2, 0.25) is 5.75 Å². The van der Waals surface area contributed by atoms with Gasteiger partial charge in [-0.1, -0.05) is 17.9 Å². The van der Waals surface area contributed by atoms with Crippen molar-refractivity contribution in [2.45, 2.75) is 13.8 Å². The first-order valence-corrected chi connectivity index (χ1v) is 7.45. The van der Waals surface area contributed by atoms with E-state index in [-0.39, 0.29) is 19.0 Å². The Labute approximate surface area is 140 Å². The molecule has 0 aliphatic carbocycles. The number of benzene rings is 1. The van der Waals surface area contributed by atoms with Crippen molar-refractivity contribution < 1.29 is 9.47 Å². The maximum Gasteiger partial charge on any atom is 0.330 e. The van der Waals surface area contributed by atoms with Gasteiger partial charge in [-0.05, 0) is 37.1 Å². The average Bonchev–Trinajstić information content (AvgIpc) is 2.52. The Balaban J connectivity index is 1.91. The third-order valence-corrected chi connectivity index (χ3v) is 3.35. The smallest absolute Gasteiger partial charge is 0.330 e. The summed E-state index contributed by atoms with van der Waals surface area (Å²) in [6.07, 6.45) is 1.36. The normalized spacial score (nSPS) is 10.0. The molecular weight excluding hydrogens is 308 g/mol. The fraction of sp³-hybridized carbons (Fsp3) is 0.333. The molecular formula is C18H20N2O4. The fourth-order valence-electron chi connectivity index (χ4n) is 2.23. The van der Waals surface area contributed by atoms with Gasteiger partial charge in [0, 0.05) is 14.1 Å². The van der Waals surface area contributed by atoms with Crippen molar-refractivity contribution in [2.75, 3.05) is 13.2 Å². The molecule has 0 saturated heterocycles. The summed E-state index contributed by atoms with van der Waals surface area (Å²) in [5.74, 6) is 6.47. The average molecular weight is 328 g/mol. The number of ether oxygens (including phenoxy) is 2. The molecule has 0 saturated carbocycles. The zero-order valence-electron chi connectivity index (χ0n) is 14.3. The zero-order chi connectivity index (χ0) is 17.7. The van der Waals surface area contributed by atoms with Crippen LogP contribution in [-0.4, -0.2) is 22.3 Å². The minimum absolute atomic E-state index is 0.0453. The van der Waals surface area contributed by atoms with Gasteiger partial charge >= 0.3 is 5.69 Å². The maximum atomic E-state index is 11.9. The number of aromatic nitrogens is 2. The topological polar surface area (TPSA) is 62.5 Å². The van der Waals surface area contributed by atoms with Gasteiger partial charge in [-0.25, -0.2) is 4.79 Å². The van der Waals surface area contributed by atoms with Crippen molar-refractivity contribution in [1.29, 1.82) is 0 Å². The van der Waals surface area contributed by atoms with Crippen LogP contribution in [0.3, 0.4) is 0 Å². The Kier molecular flexibility index (Phi) is 5.48. The Bertz CT molecular complexity index is 893. The second kappa shape index (κ2) is 7.55. The summed E-state index contributed by atoms with van der Waals surface area (Å²) in [6, 6.07) is 5.96. The van der Waals surface area contributed by atoms with Gasteiger partial charge in [0.25, 0.3) is 5.56 Å². The van der Waals surface area contributed by atoms with E-state index in [1.807, 2.05) is 26.0 Å². The Morgan fingerprint density at radius 1 is 0.958 bits per heavy atom. The van der Waals surface area contributed by atoms with Gasteiger partial charge in [-0.3, -0.25) is 13.9 Å². The van der Waals surface area contributed by atoms with Gasteiger partial charge in [0.05, 0.1) is 6.20 Å². The van der Waals surface area contributed by atoms with Crippen LogP contribution in [0.2, 0.25) is 0 Å². The van der Waals surface area contributed by atoms with Gasteiger partial charge < -0.3 is 9.47 Å². The summed E-state index contributed by atoms with van der Waals surface area (Å²) in [4.78, 5) is 23.4. The Morgan fingerprint density at radius 2 is 1.54 bits per heavy atom. The standard InChI is InChI=1S/C18H20N2O4/c1-13-9-14(2)11-15(10-13)23-7-5-6-8-24-16-12-19(3)18(22)20(4)17(16)21/h9-12H,7-8H2,1-4H3. The number of hydrogen-bond donors (Lipinski definition) is 0. The molecule has 1 aromatic heterocycles. The summed E-state index contributed by atoms with van der Waals surface area (Å²) in [7, 11) is 2.96. The lowest BCUT2D eigenvalue weighted by molar-refractivity contribution is 0.352. The van der Waals surface area contributed by atoms with E-state index >= 15 is 0 Å². The molecule has 2 rings (SSSR count). The molecule has 0 spiro atoms. The number of rotatable bonds is 4. The van der Waals surface area contributed by atoms with Crippen LogP contribution in [0.25, 0.3) is 0 Å². The minimum atomic E-state index is -0.480. The highest BCUT2D eigenvalue weighted by Crippen LogP contribution is 2.15. The minimum Gasteiger partial charge on any atom is -0.481 e. The van der Waals surface area contributed by atoms with Crippen LogP contribution in [0.5, 0.6) is 11.5 Å². The zero-order valence-corrected chi connectivity index (χ0v) is 14.3. The van der Waals surface area contributed by atoms with Crippen LogP contribution >= 0.6 is 0 Å². The Morgan fingerprint density at radius 3 is 2.17 bits per heavy atom. The molecule has 0 bridgehead atoms. The molecule has 0 aliphatic rings. The van der Waals surface area contributed by atoms with Gasteiger partial charge in [0.1, 0.15) is 19.0 Å². The quantitative estimate of drug-likeness (QED) is 0.790. The highest BCUT2D eigenvalue weighted by molar-refractivity contribution is 5.33. The lowest BCUT2D eigenvalue weighted by Gasteiger charge is -2.06. The summed E-state index contributed by atoms with van der Waals surface area (Å²) in [5.41, 5.74) is 1.38. The molecule has 0 atom stereocenters. The molecule has 6 heteroatoms. The van der Waals surface area contributed by atoms with Crippen LogP contribution in [0.1, 0.15) is 11.1 Å². The lowest BCUT2D eigenvalue weighted by atomic mass is 10.1. The van der Waals surface area contributed by atoms with Crippen molar-refractivity contribution in [1.82, 2.24) is 9.13 Å². The molecule has 0 radical (unpaired) electrons. The lowest BCUT2D eigenvalue weighted by Crippen LogP contribution is -2.37. The second-order valence-electron chi connectivity index (χ2n) is 5.51. The van der Waals surface area contributed by atoms with E-state index in [0.29, 0.717) is 0 Å². The van der Waals surface area contributed by atoms with Crippen molar-refractivity contribution in [2.24, 2.45) is 14.1 Å². The Hall–Kier alpha value is -2.94. The van der Waals surface area contributed by atoms with Crippen LogP contribution in [0, 0.1) is 25.7 Å². The summed E-state index contributed by atoms with van der Waals surface area (Å²) in [5, 5.41) is 0. The number of hydrogen-bond acceptors (Lipinski definition) is 4. The molecule has 0 N–H and O–H groups in total. The molecule has 6 nitrogen and oxygen atoms in total. The first-order valence-electron chi connectivity index (χ1n) is 7.45. The predicted molar refractivity (Wildman–Crippen MR) is 91.6 cm³/mol. The molecule has 1 heterocycles. The van der Waals surface area contributed by atoms with E-state index in [2.05, 4.69) is 17.9 Å². The molecule has 24 heavy (non-hydrogen) atoms. The number of aryl methyl sites for hydroxylation is 3. The van der Waals surface area contributed by atoms with Crippen LogP contribution < -0.4 is 20.7 Å². The van der Waals surface area contributed by atoms with Gasteiger partial charge in [-0.15, -0.1) is 0 Å². The van der Waals surface area contributed by atoms with Crippen molar-refractivity contribution in [3.63, 3.8) is 0 Å². The van der Waals surface area contributed by atoms with Crippen molar-refractivity contribution >= 4 is 0 Å². The molecule has 1 aromatic carbocycles. The molecule has 0 aliphatic heterocycles. The van der Waals surface area contributed by atoms with E-state index in [0.717, 1.165) is 21.4 Å². The molecule has 126 valence electrons. The van der Waals surface area contributed by atoms with E-state index in [9.17, 15) is 9.59 Å². The van der Waals surface area contributed by atoms with Gasteiger partial charge in [0.15, 0.2) is 0 Å². The molecule has 0 unspecified atom stereocenters. The van der Waals surface area contributed by atoms with Crippen molar-refractivity contribution in [3.8, 4) is 23.3 Å². The van der Waals surface area contributed by atoms with E-state index < -0.39 is 11.2 Å². The third-order valence-electron chi connectivity index (χ3n) is 3.35. The van der Waals surface area contributed by atoms with Gasteiger partial charge in [-0.2, -0.15) is 0 Å². The summed E-state index contributed by atoms with van der Waals surface area (Å²) < 4.78 is 13.2. The predicted octanol–water partition coefficient (Wildman–Crippen LogP) is 1.16. The highest BCUT2D eigenvalue weighted by Gasteiger charge is 2.06. The van der Waals surface area contributed by atoms with E-state index in [1.54, 1.807) is 7.05 Å². The second-order valence-corrected chi connectivity index (χ2v) is 5.51. The fourth-order valence-corrected chi connectivity index (χ4v) is 2.23. The molecule has 0 fully saturated rings. The SMILES string of the molecule is Cc1cc(C)cc(OCC#CCOc2cn(C)c(=O)n(C)c2=O)c1. The number of nitrogens with zero attached hydrogens (tertiary/aromatic N) is 2. The van der Waals surface area contributed by atoms with Crippen LogP contribution in [0.4, 0.5) is 0 Å². The monoisotopic (exact) mass is 328 g/mol. The molecule has 2 aromatic rings. The summed E-state index contributed by atoms with van der Waals surface area (Å²) in [6.45, 7) is 4.29. The first-order chi connectivity index (χ1) is 11.4. The molecule has 0 amide bonds. The summed E-state index contributed by atoms with van der Waals surface area (Å²) >= 11 is 0. The highest BCUT2D eigenvalue weighted by atomic mass is 16.5.